The normalized spacial score (nSPS) is 11.6. The van der Waals surface area contributed by atoms with Gasteiger partial charge >= 0.3 is 12.1 Å². The van der Waals surface area contributed by atoms with Gasteiger partial charge in [-0.2, -0.15) is 13.2 Å². The molecule has 2 rings (SSSR count). The van der Waals surface area contributed by atoms with Gasteiger partial charge < -0.3 is 4.84 Å². The van der Waals surface area contributed by atoms with E-state index in [4.69, 9.17) is 0 Å². The number of aromatic nitrogens is 1. The molecule has 0 atom stereocenters. The molecular weight excluding hydrogens is 304 g/mol. The van der Waals surface area contributed by atoms with Gasteiger partial charge in [0.25, 0.3) is 0 Å². The van der Waals surface area contributed by atoms with Crippen LogP contribution in [0.2, 0.25) is 0 Å². The van der Waals surface area contributed by atoms with Crippen molar-refractivity contribution in [2.24, 2.45) is 5.16 Å². The minimum absolute atomic E-state index is 0.413. The van der Waals surface area contributed by atoms with E-state index in [9.17, 15) is 22.4 Å². The fraction of sp³-hybridized carbons (Fsp3) is 0.0714. The van der Waals surface area contributed by atoms with Crippen molar-refractivity contribution in [3.05, 3.63) is 65.2 Å². The molecule has 0 aliphatic rings. The first kappa shape index (κ1) is 15.6. The lowest BCUT2D eigenvalue weighted by atomic mass is 10.2. The van der Waals surface area contributed by atoms with E-state index < -0.39 is 29.2 Å². The number of carbonyl (C=O) groups is 1. The fourth-order valence-electron chi connectivity index (χ4n) is 1.53. The van der Waals surface area contributed by atoms with Crippen molar-refractivity contribution < 1.29 is 27.2 Å². The molecule has 0 saturated heterocycles. The highest BCUT2D eigenvalue weighted by Crippen LogP contribution is 2.30. The molecule has 4 nitrogen and oxygen atoms in total. The average Bonchev–Trinajstić information content (AvgIpc) is 2.48. The number of halogens is 4. The highest BCUT2D eigenvalue weighted by Gasteiger charge is 2.37. The zero-order chi connectivity index (χ0) is 16.2. The molecule has 0 saturated carbocycles. The number of benzene rings is 1. The monoisotopic (exact) mass is 312 g/mol. The molecule has 0 aliphatic carbocycles. The van der Waals surface area contributed by atoms with Crippen LogP contribution in [0, 0.1) is 5.82 Å². The Labute approximate surface area is 122 Å². The maximum atomic E-state index is 12.7. The van der Waals surface area contributed by atoms with Crippen LogP contribution in [0.25, 0.3) is 0 Å². The zero-order valence-corrected chi connectivity index (χ0v) is 10.8. The van der Waals surface area contributed by atoms with E-state index in [0.29, 0.717) is 5.56 Å². The van der Waals surface area contributed by atoms with E-state index in [1.165, 1.54) is 18.2 Å². The smallest absolute Gasteiger partial charge is 0.313 e. The second kappa shape index (κ2) is 6.33. The van der Waals surface area contributed by atoms with E-state index in [-0.39, 0.29) is 0 Å². The SMILES string of the molecule is O=C(ON=Cc1ccc(F)cc1)c1cccnc1C(F)(F)F. The molecule has 0 N–H and O–H groups in total. The Hall–Kier alpha value is -2.77. The summed E-state index contributed by atoms with van der Waals surface area (Å²) >= 11 is 0. The predicted octanol–water partition coefficient (Wildman–Crippen LogP) is 3.43. The fourth-order valence-corrected chi connectivity index (χ4v) is 1.53. The lowest BCUT2D eigenvalue weighted by Crippen LogP contribution is -2.15. The first-order valence-electron chi connectivity index (χ1n) is 5.90. The maximum absolute atomic E-state index is 12.7. The number of hydrogen-bond donors (Lipinski definition) is 0. The van der Waals surface area contributed by atoms with E-state index in [2.05, 4.69) is 15.0 Å². The molecule has 0 amide bonds. The quantitative estimate of drug-likeness (QED) is 0.377. The van der Waals surface area contributed by atoms with Crippen LogP contribution in [0.1, 0.15) is 21.6 Å². The summed E-state index contributed by atoms with van der Waals surface area (Å²) in [5.41, 5.74) is -1.68. The molecule has 0 radical (unpaired) electrons. The number of carbonyl (C=O) groups excluding carboxylic acids is 1. The summed E-state index contributed by atoms with van der Waals surface area (Å²) in [5.74, 6) is -1.75. The number of rotatable bonds is 3. The Bertz CT molecular complexity index is 697. The maximum Gasteiger partial charge on any atom is 0.434 e. The van der Waals surface area contributed by atoms with Gasteiger partial charge in [-0.25, -0.2) is 9.18 Å². The number of alkyl halides is 3. The Morgan fingerprint density at radius 1 is 1.18 bits per heavy atom. The number of oxime groups is 1. The lowest BCUT2D eigenvalue weighted by molar-refractivity contribution is -0.141. The third kappa shape index (κ3) is 3.87. The summed E-state index contributed by atoms with van der Waals surface area (Å²) in [6.07, 6.45) is -2.79. The number of hydrogen-bond acceptors (Lipinski definition) is 4. The molecule has 114 valence electrons. The van der Waals surface area contributed by atoms with Gasteiger partial charge in [-0.15, -0.1) is 0 Å². The van der Waals surface area contributed by atoms with Gasteiger partial charge in [-0.3, -0.25) is 4.98 Å². The summed E-state index contributed by atoms with van der Waals surface area (Å²) in [7, 11) is 0. The molecule has 0 aliphatic heterocycles. The van der Waals surface area contributed by atoms with Crippen LogP contribution in [0.15, 0.2) is 47.8 Å². The van der Waals surface area contributed by atoms with Crippen LogP contribution >= 0.6 is 0 Å². The first-order chi connectivity index (χ1) is 10.4. The topological polar surface area (TPSA) is 51.5 Å². The zero-order valence-electron chi connectivity index (χ0n) is 10.8. The number of pyridine rings is 1. The first-order valence-corrected chi connectivity index (χ1v) is 5.90. The van der Waals surface area contributed by atoms with Gasteiger partial charge in [-0.1, -0.05) is 17.3 Å². The van der Waals surface area contributed by atoms with Gasteiger partial charge in [0.1, 0.15) is 5.82 Å². The Morgan fingerprint density at radius 3 is 2.50 bits per heavy atom. The Kier molecular flexibility index (Phi) is 4.50. The molecule has 1 aromatic carbocycles. The van der Waals surface area contributed by atoms with Gasteiger partial charge in [-0.05, 0) is 29.8 Å². The molecular formula is C14H8F4N2O2. The van der Waals surface area contributed by atoms with Crippen LogP contribution < -0.4 is 0 Å². The van der Waals surface area contributed by atoms with Crippen LogP contribution in [0.3, 0.4) is 0 Å². The average molecular weight is 312 g/mol. The van der Waals surface area contributed by atoms with Crippen molar-refractivity contribution in [2.75, 3.05) is 0 Å². The summed E-state index contributed by atoms with van der Waals surface area (Å²) in [5, 5.41) is 3.28. The molecule has 1 heterocycles. The van der Waals surface area contributed by atoms with Gasteiger partial charge in [0.2, 0.25) is 0 Å². The van der Waals surface area contributed by atoms with E-state index in [1.807, 2.05) is 0 Å². The van der Waals surface area contributed by atoms with Crippen molar-refractivity contribution >= 4 is 12.2 Å². The minimum Gasteiger partial charge on any atom is -0.313 e. The molecule has 0 bridgehead atoms. The molecule has 22 heavy (non-hydrogen) atoms. The molecule has 8 heteroatoms. The van der Waals surface area contributed by atoms with E-state index in [0.717, 1.165) is 30.6 Å². The standard InChI is InChI=1S/C14H8F4N2O2/c15-10-5-3-9(4-6-10)8-20-22-13(21)11-2-1-7-19-12(11)14(16,17)18/h1-8H. The van der Waals surface area contributed by atoms with Crippen LogP contribution in [-0.4, -0.2) is 17.2 Å². The van der Waals surface area contributed by atoms with E-state index in [1.54, 1.807) is 0 Å². The van der Waals surface area contributed by atoms with Crippen molar-refractivity contribution in [3.8, 4) is 0 Å². The lowest BCUT2D eigenvalue weighted by Gasteiger charge is -2.08. The summed E-state index contributed by atoms with van der Waals surface area (Å²) < 4.78 is 50.7. The largest absolute Gasteiger partial charge is 0.434 e. The van der Waals surface area contributed by atoms with Crippen molar-refractivity contribution in [3.63, 3.8) is 0 Å². The van der Waals surface area contributed by atoms with Gasteiger partial charge in [0.15, 0.2) is 5.69 Å². The second-order valence-electron chi connectivity index (χ2n) is 4.06. The number of nitrogens with zero attached hydrogens (tertiary/aromatic N) is 2. The molecule has 0 fully saturated rings. The highest BCUT2D eigenvalue weighted by molar-refractivity contribution is 5.91. The summed E-state index contributed by atoms with van der Waals surface area (Å²) in [6, 6.07) is 7.15. The van der Waals surface area contributed by atoms with Crippen molar-refractivity contribution in [1.82, 2.24) is 4.98 Å². The third-order valence-corrected chi connectivity index (χ3v) is 2.50. The van der Waals surface area contributed by atoms with Crippen molar-refractivity contribution in [2.45, 2.75) is 6.18 Å². The highest BCUT2D eigenvalue weighted by atomic mass is 19.4. The minimum atomic E-state index is -4.78. The van der Waals surface area contributed by atoms with Gasteiger partial charge in [0.05, 0.1) is 11.8 Å². The molecule has 0 unspecified atom stereocenters. The van der Waals surface area contributed by atoms with Crippen molar-refractivity contribution in [1.29, 1.82) is 0 Å². The van der Waals surface area contributed by atoms with Crippen LogP contribution in [0.5, 0.6) is 0 Å². The van der Waals surface area contributed by atoms with E-state index >= 15 is 0 Å². The molecule has 2 aromatic rings. The summed E-state index contributed by atoms with van der Waals surface area (Å²) in [6.45, 7) is 0. The Morgan fingerprint density at radius 2 is 1.86 bits per heavy atom. The second-order valence-corrected chi connectivity index (χ2v) is 4.06. The molecule has 0 spiro atoms. The van der Waals surface area contributed by atoms with Crippen LogP contribution in [-0.2, 0) is 11.0 Å². The third-order valence-electron chi connectivity index (χ3n) is 2.50. The molecule has 1 aromatic heterocycles. The summed E-state index contributed by atoms with van der Waals surface area (Å²) in [4.78, 5) is 19.1. The predicted molar refractivity (Wildman–Crippen MR) is 68.6 cm³/mol. The van der Waals surface area contributed by atoms with Crippen LogP contribution in [0.4, 0.5) is 17.6 Å². The Balaban J connectivity index is 2.12. The van der Waals surface area contributed by atoms with Gasteiger partial charge in [0, 0.05) is 6.20 Å².